The van der Waals surface area contributed by atoms with Gasteiger partial charge in [0, 0.05) is 0 Å². The van der Waals surface area contributed by atoms with Gasteiger partial charge in [-0.05, 0) is 104 Å². The molecule has 3 N–H and O–H groups in total. The van der Waals surface area contributed by atoms with Crippen LogP contribution in [0.2, 0.25) is 0 Å². The summed E-state index contributed by atoms with van der Waals surface area (Å²) in [6.07, 6.45) is 14.5. The Kier molecular flexibility index (Phi) is 7.74. The van der Waals surface area contributed by atoms with Crippen molar-refractivity contribution in [2.75, 3.05) is 6.61 Å². The molecular weight excluding hydrogens is 408 g/mol. The highest BCUT2D eigenvalue weighted by atomic mass is 16.3. The summed E-state index contributed by atoms with van der Waals surface area (Å²) in [5.41, 5.74) is 2.01. The number of hydrogen-bond donors (Lipinski definition) is 3. The lowest BCUT2D eigenvalue weighted by molar-refractivity contribution is -0.0887. The molecule has 0 amide bonds. The Morgan fingerprint density at radius 3 is 2.52 bits per heavy atom. The van der Waals surface area contributed by atoms with Gasteiger partial charge in [0.1, 0.15) is 0 Å². The standard InChI is InChI=1S/C30H52O3/c1-19(2)7-6-8-20(3)26-11-12-27-25-10-9-21-15-23(32)16-22(17-24(33)18-31)30(21,5)28(25)13-14-29(26,27)4/h9,19-20,22-28,31-33H,6-8,10-18H2,1-5H3/t20-,22?,23-,24?,25+,26-,27+,28+,29-,30-/m1/s1. The molecule has 0 aromatic rings. The fourth-order valence-corrected chi connectivity index (χ4v) is 9.64. The van der Waals surface area contributed by atoms with Crippen molar-refractivity contribution in [3.63, 3.8) is 0 Å². The molecule has 3 nitrogen and oxygen atoms in total. The predicted molar refractivity (Wildman–Crippen MR) is 136 cm³/mol. The highest BCUT2D eigenvalue weighted by Gasteiger charge is 2.60. The molecule has 3 heteroatoms. The van der Waals surface area contributed by atoms with Crippen molar-refractivity contribution in [3.8, 4) is 0 Å². The van der Waals surface area contributed by atoms with E-state index in [1.54, 1.807) is 0 Å². The molecule has 4 aliphatic rings. The van der Waals surface area contributed by atoms with E-state index >= 15 is 0 Å². The van der Waals surface area contributed by atoms with E-state index in [2.05, 4.69) is 40.7 Å². The van der Waals surface area contributed by atoms with E-state index in [0.717, 1.165) is 42.4 Å². The molecule has 2 unspecified atom stereocenters. The first-order chi connectivity index (χ1) is 15.6. The van der Waals surface area contributed by atoms with Crippen molar-refractivity contribution in [2.45, 2.75) is 117 Å². The molecule has 4 rings (SSSR count). The first-order valence-electron chi connectivity index (χ1n) is 14.3. The summed E-state index contributed by atoms with van der Waals surface area (Å²) in [5.74, 6) is 5.00. The van der Waals surface area contributed by atoms with Gasteiger partial charge >= 0.3 is 0 Å². The lowest BCUT2D eigenvalue weighted by atomic mass is 9.44. The van der Waals surface area contributed by atoms with Crippen LogP contribution in [-0.4, -0.2) is 34.1 Å². The monoisotopic (exact) mass is 460 g/mol. The van der Waals surface area contributed by atoms with Crippen LogP contribution in [0, 0.1) is 52.3 Å². The van der Waals surface area contributed by atoms with Crippen molar-refractivity contribution < 1.29 is 15.3 Å². The Balaban J connectivity index is 1.54. The quantitative estimate of drug-likeness (QED) is 0.369. The van der Waals surface area contributed by atoms with Crippen LogP contribution in [0.1, 0.15) is 105 Å². The Morgan fingerprint density at radius 2 is 1.82 bits per heavy atom. The first-order valence-corrected chi connectivity index (χ1v) is 14.3. The Labute approximate surface area is 203 Å². The molecule has 0 bridgehead atoms. The second-order valence-electron chi connectivity index (χ2n) is 13.5. The van der Waals surface area contributed by atoms with Gasteiger partial charge in [0.2, 0.25) is 0 Å². The van der Waals surface area contributed by atoms with E-state index in [1.165, 1.54) is 56.9 Å². The first kappa shape index (κ1) is 25.7. The fourth-order valence-electron chi connectivity index (χ4n) is 9.64. The summed E-state index contributed by atoms with van der Waals surface area (Å²) >= 11 is 0. The maximum Gasteiger partial charge on any atom is 0.0773 e. The van der Waals surface area contributed by atoms with Gasteiger partial charge in [0.15, 0.2) is 0 Å². The largest absolute Gasteiger partial charge is 0.394 e. The van der Waals surface area contributed by atoms with Gasteiger partial charge in [-0.2, -0.15) is 0 Å². The summed E-state index contributed by atoms with van der Waals surface area (Å²) in [6.45, 7) is 12.2. The Morgan fingerprint density at radius 1 is 1.06 bits per heavy atom. The molecule has 33 heavy (non-hydrogen) atoms. The third-order valence-electron chi connectivity index (χ3n) is 11.4. The van der Waals surface area contributed by atoms with Crippen LogP contribution < -0.4 is 0 Å². The van der Waals surface area contributed by atoms with Gasteiger partial charge in [-0.3, -0.25) is 0 Å². The molecule has 190 valence electrons. The maximum absolute atomic E-state index is 10.6. The van der Waals surface area contributed by atoms with E-state index in [-0.39, 0.29) is 24.0 Å². The van der Waals surface area contributed by atoms with Gasteiger partial charge in [-0.15, -0.1) is 0 Å². The maximum atomic E-state index is 10.6. The molecule has 4 aliphatic carbocycles. The summed E-state index contributed by atoms with van der Waals surface area (Å²) in [7, 11) is 0. The van der Waals surface area contributed by atoms with Crippen molar-refractivity contribution in [1.82, 2.24) is 0 Å². The molecule has 10 atom stereocenters. The van der Waals surface area contributed by atoms with Crippen molar-refractivity contribution in [1.29, 1.82) is 0 Å². The van der Waals surface area contributed by atoms with Gasteiger partial charge in [0.25, 0.3) is 0 Å². The summed E-state index contributed by atoms with van der Waals surface area (Å²) in [6, 6.07) is 0. The molecule has 0 radical (unpaired) electrons. The third-order valence-corrected chi connectivity index (χ3v) is 11.4. The molecule has 3 saturated carbocycles. The van der Waals surface area contributed by atoms with Crippen LogP contribution in [0.15, 0.2) is 11.6 Å². The normalized spacial score (nSPS) is 44.6. The zero-order valence-corrected chi connectivity index (χ0v) is 22.1. The number of fused-ring (bicyclic) bond motifs is 5. The topological polar surface area (TPSA) is 60.7 Å². The number of allylic oxidation sites excluding steroid dienone is 1. The van der Waals surface area contributed by atoms with Gasteiger partial charge < -0.3 is 15.3 Å². The number of aliphatic hydroxyl groups excluding tert-OH is 3. The number of hydrogen-bond acceptors (Lipinski definition) is 3. The zero-order valence-electron chi connectivity index (χ0n) is 22.1. The average molecular weight is 461 g/mol. The smallest absolute Gasteiger partial charge is 0.0773 e. The fraction of sp³-hybridized carbons (Fsp3) is 0.933. The summed E-state index contributed by atoms with van der Waals surface area (Å²) in [4.78, 5) is 0. The van der Waals surface area contributed by atoms with Crippen LogP contribution in [0.25, 0.3) is 0 Å². The van der Waals surface area contributed by atoms with E-state index in [9.17, 15) is 15.3 Å². The minimum absolute atomic E-state index is 0.0700. The van der Waals surface area contributed by atoms with Crippen molar-refractivity contribution in [3.05, 3.63) is 11.6 Å². The second kappa shape index (κ2) is 9.94. The summed E-state index contributed by atoms with van der Waals surface area (Å²) in [5, 5.41) is 30.5. The Bertz CT molecular complexity index is 701. The van der Waals surface area contributed by atoms with Crippen LogP contribution in [0.4, 0.5) is 0 Å². The lowest BCUT2D eigenvalue weighted by Gasteiger charge is -2.61. The molecule has 0 heterocycles. The van der Waals surface area contributed by atoms with E-state index in [4.69, 9.17) is 0 Å². The molecule has 0 aromatic carbocycles. The van der Waals surface area contributed by atoms with Gasteiger partial charge in [0.05, 0.1) is 18.8 Å². The highest BCUT2D eigenvalue weighted by Crippen LogP contribution is 2.68. The van der Waals surface area contributed by atoms with E-state index < -0.39 is 6.10 Å². The SMILES string of the molecule is CC(C)CCC[C@@H](C)[C@H]1CC[C@H]2[C@@H]3CC=C4C[C@@H](O)CC(CC(O)CO)[C@]4(C)[C@H]3CC[C@]12C. The van der Waals surface area contributed by atoms with Crippen LogP contribution in [-0.2, 0) is 0 Å². The third kappa shape index (κ3) is 4.60. The molecule has 0 spiro atoms. The minimum atomic E-state index is -0.671. The molecule has 0 aromatic heterocycles. The van der Waals surface area contributed by atoms with Crippen LogP contribution in [0.5, 0.6) is 0 Å². The second-order valence-corrected chi connectivity index (χ2v) is 13.5. The van der Waals surface area contributed by atoms with Crippen LogP contribution in [0.3, 0.4) is 0 Å². The Hall–Kier alpha value is -0.380. The molecular formula is C30H52O3. The summed E-state index contributed by atoms with van der Waals surface area (Å²) < 4.78 is 0. The molecule has 0 aliphatic heterocycles. The predicted octanol–water partition coefficient (Wildman–Crippen LogP) is 6.36. The average Bonchev–Trinajstić information content (AvgIpc) is 3.11. The lowest BCUT2D eigenvalue weighted by Crippen LogP contribution is -2.54. The van der Waals surface area contributed by atoms with E-state index in [1.807, 2.05) is 0 Å². The zero-order chi connectivity index (χ0) is 24.0. The van der Waals surface area contributed by atoms with Crippen molar-refractivity contribution >= 4 is 0 Å². The van der Waals surface area contributed by atoms with Crippen LogP contribution >= 0.6 is 0 Å². The highest BCUT2D eigenvalue weighted by molar-refractivity contribution is 5.27. The van der Waals surface area contributed by atoms with E-state index in [0.29, 0.717) is 17.8 Å². The van der Waals surface area contributed by atoms with Crippen molar-refractivity contribution in [2.24, 2.45) is 52.3 Å². The molecule has 3 fully saturated rings. The number of aliphatic hydroxyl groups is 3. The minimum Gasteiger partial charge on any atom is -0.394 e. The van der Waals surface area contributed by atoms with Gasteiger partial charge in [-0.1, -0.05) is 65.5 Å². The van der Waals surface area contributed by atoms with Gasteiger partial charge in [-0.25, -0.2) is 0 Å². The number of rotatable bonds is 8. The molecule has 0 saturated heterocycles.